The van der Waals surface area contributed by atoms with Gasteiger partial charge in [-0.25, -0.2) is 4.79 Å². The monoisotopic (exact) mass is 581 g/mol. The summed E-state index contributed by atoms with van der Waals surface area (Å²) in [4.78, 5) is 55.0. The molecule has 4 unspecified atom stereocenters. The van der Waals surface area contributed by atoms with Gasteiger partial charge in [-0.3, -0.25) is 19.4 Å². The number of aliphatic imine (C=N–C) groups is 1. The van der Waals surface area contributed by atoms with Gasteiger partial charge < -0.3 is 43.4 Å². The molecular formula is C26H43N7O6S. The van der Waals surface area contributed by atoms with E-state index in [1.54, 1.807) is 12.1 Å². The SMILES string of the molecule is CSCCC(NC(=O)C(CCCN=C(N)N)NC(=O)C(Cc1ccc(O)cc1)NC(=O)C(N)CC(C)C)C(=O)O. The summed E-state index contributed by atoms with van der Waals surface area (Å²) in [5.74, 6) is -2.47. The average molecular weight is 582 g/mol. The van der Waals surface area contributed by atoms with Crippen LogP contribution in [0.5, 0.6) is 5.75 Å². The molecule has 4 atom stereocenters. The van der Waals surface area contributed by atoms with E-state index in [4.69, 9.17) is 17.2 Å². The zero-order valence-electron chi connectivity index (χ0n) is 23.3. The van der Waals surface area contributed by atoms with Crippen LogP contribution in [0.15, 0.2) is 29.3 Å². The summed E-state index contributed by atoms with van der Waals surface area (Å²) in [5.41, 5.74) is 17.4. The molecule has 0 aliphatic carbocycles. The molecule has 0 aliphatic heterocycles. The third-order valence-electron chi connectivity index (χ3n) is 5.87. The van der Waals surface area contributed by atoms with Gasteiger partial charge in [-0.1, -0.05) is 26.0 Å². The Morgan fingerprint density at radius 2 is 1.50 bits per heavy atom. The second-order valence-electron chi connectivity index (χ2n) is 9.86. The van der Waals surface area contributed by atoms with E-state index in [9.17, 15) is 29.4 Å². The zero-order valence-corrected chi connectivity index (χ0v) is 24.1. The lowest BCUT2D eigenvalue weighted by molar-refractivity contribution is -0.142. The highest BCUT2D eigenvalue weighted by Crippen LogP contribution is 2.13. The number of hydrogen-bond acceptors (Lipinski definition) is 8. The van der Waals surface area contributed by atoms with Crippen LogP contribution in [0.4, 0.5) is 0 Å². The number of aromatic hydroxyl groups is 1. The van der Waals surface area contributed by atoms with Crippen molar-refractivity contribution in [2.75, 3.05) is 18.6 Å². The van der Waals surface area contributed by atoms with E-state index in [0.717, 1.165) is 0 Å². The number of amides is 3. The lowest BCUT2D eigenvalue weighted by Crippen LogP contribution is -2.57. The number of hydrogen-bond donors (Lipinski definition) is 8. The summed E-state index contributed by atoms with van der Waals surface area (Å²) in [6.07, 6.45) is 2.90. The first-order valence-corrected chi connectivity index (χ1v) is 14.4. The summed E-state index contributed by atoms with van der Waals surface area (Å²) < 4.78 is 0. The minimum absolute atomic E-state index is 0.0414. The average Bonchev–Trinajstić information content (AvgIpc) is 2.88. The maximum Gasteiger partial charge on any atom is 0.326 e. The number of aliphatic carboxylic acids is 1. The van der Waals surface area contributed by atoms with Crippen LogP contribution in [0.3, 0.4) is 0 Å². The number of nitrogens with two attached hydrogens (primary N) is 3. The van der Waals surface area contributed by atoms with E-state index in [1.165, 1.54) is 23.9 Å². The molecule has 0 bridgehead atoms. The lowest BCUT2D eigenvalue weighted by Gasteiger charge is -2.25. The van der Waals surface area contributed by atoms with Crippen molar-refractivity contribution in [3.63, 3.8) is 0 Å². The largest absolute Gasteiger partial charge is 0.508 e. The predicted molar refractivity (Wildman–Crippen MR) is 156 cm³/mol. The minimum Gasteiger partial charge on any atom is -0.508 e. The Hall–Kier alpha value is -3.52. The normalized spacial score (nSPS) is 13.9. The van der Waals surface area contributed by atoms with Crippen LogP contribution in [0, 0.1) is 5.92 Å². The number of carbonyl (C=O) groups is 4. The highest BCUT2D eigenvalue weighted by atomic mass is 32.2. The lowest BCUT2D eigenvalue weighted by atomic mass is 10.0. The number of guanidine groups is 1. The van der Waals surface area contributed by atoms with E-state index in [1.807, 2.05) is 20.1 Å². The molecule has 0 saturated heterocycles. The Labute approximate surface area is 239 Å². The summed E-state index contributed by atoms with van der Waals surface area (Å²) in [7, 11) is 0. The van der Waals surface area contributed by atoms with Gasteiger partial charge in [0.15, 0.2) is 5.96 Å². The summed E-state index contributed by atoms with van der Waals surface area (Å²) in [6.45, 7) is 4.03. The molecule has 11 N–H and O–H groups in total. The Bertz CT molecular complexity index is 1000. The first-order valence-electron chi connectivity index (χ1n) is 13.1. The molecular weight excluding hydrogens is 538 g/mol. The van der Waals surface area contributed by atoms with Crippen molar-refractivity contribution < 1.29 is 29.4 Å². The first-order chi connectivity index (χ1) is 18.8. The molecule has 0 saturated carbocycles. The molecule has 0 aliphatic rings. The Kier molecular flexibility index (Phi) is 15.5. The Morgan fingerprint density at radius 3 is 2.05 bits per heavy atom. The summed E-state index contributed by atoms with van der Waals surface area (Å²) in [5, 5.41) is 27.0. The van der Waals surface area contributed by atoms with Gasteiger partial charge in [0.25, 0.3) is 0 Å². The Morgan fingerprint density at radius 1 is 0.925 bits per heavy atom. The van der Waals surface area contributed by atoms with Crippen LogP contribution in [-0.4, -0.2) is 82.6 Å². The quantitative estimate of drug-likeness (QED) is 0.0637. The molecule has 40 heavy (non-hydrogen) atoms. The van der Waals surface area contributed by atoms with Gasteiger partial charge in [0.05, 0.1) is 6.04 Å². The molecule has 0 spiro atoms. The van der Waals surface area contributed by atoms with E-state index >= 15 is 0 Å². The van der Waals surface area contributed by atoms with Gasteiger partial charge in [0, 0.05) is 13.0 Å². The summed E-state index contributed by atoms with van der Waals surface area (Å²) in [6, 6.07) is 1.92. The van der Waals surface area contributed by atoms with Crippen LogP contribution < -0.4 is 33.2 Å². The number of carbonyl (C=O) groups excluding carboxylic acids is 3. The zero-order chi connectivity index (χ0) is 30.2. The minimum atomic E-state index is -1.19. The molecule has 3 amide bonds. The fraction of sp³-hybridized carbons (Fsp3) is 0.577. The number of carboxylic acids is 1. The number of rotatable bonds is 18. The van der Waals surface area contributed by atoms with Crippen LogP contribution in [-0.2, 0) is 25.6 Å². The fourth-order valence-corrected chi connectivity index (χ4v) is 4.25. The number of thioether (sulfide) groups is 1. The van der Waals surface area contributed by atoms with Crippen molar-refractivity contribution in [1.82, 2.24) is 16.0 Å². The summed E-state index contributed by atoms with van der Waals surface area (Å²) >= 11 is 1.44. The molecule has 14 heteroatoms. The molecule has 224 valence electrons. The topological polar surface area (TPSA) is 235 Å². The second-order valence-corrected chi connectivity index (χ2v) is 10.8. The van der Waals surface area contributed by atoms with Crippen molar-refractivity contribution in [2.24, 2.45) is 28.1 Å². The van der Waals surface area contributed by atoms with Crippen molar-refractivity contribution in [3.8, 4) is 5.75 Å². The maximum atomic E-state index is 13.5. The third-order valence-corrected chi connectivity index (χ3v) is 6.52. The number of nitrogens with zero attached hydrogens (tertiary/aromatic N) is 1. The number of nitrogens with one attached hydrogen (secondary N) is 3. The second kappa shape index (κ2) is 17.9. The van der Waals surface area contributed by atoms with E-state index < -0.39 is 47.9 Å². The van der Waals surface area contributed by atoms with Crippen molar-refractivity contribution >= 4 is 41.4 Å². The van der Waals surface area contributed by atoms with Gasteiger partial charge >= 0.3 is 5.97 Å². The molecule has 1 rings (SSSR count). The van der Waals surface area contributed by atoms with Crippen LogP contribution in [0.1, 0.15) is 45.1 Å². The molecule has 0 radical (unpaired) electrons. The van der Waals surface area contributed by atoms with Gasteiger partial charge in [-0.15, -0.1) is 0 Å². The first kappa shape index (κ1) is 34.5. The maximum absolute atomic E-state index is 13.5. The number of phenolic OH excluding ortho intramolecular Hbond substituents is 1. The standard InChI is InChI=1S/C26H43N7O6S/c1-15(2)13-18(27)22(35)33-21(14-16-6-8-17(34)9-7-16)24(37)31-19(5-4-11-30-26(28)29)23(36)32-20(25(38)39)10-12-40-3/h6-9,15,18-21,34H,4-5,10-14,27H2,1-3H3,(H,31,37)(H,32,36)(H,33,35)(H,38,39)(H4,28,29,30). The molecule has 13 nitrogen and oxygen atoms in total. The molecule has 0 aromatic heterocycles. The van der Waals surface area contributed by atoms with Gasteiger partial charge in [-0.2, -0.15) is 11.8 Å². The van der Waals surface area contributed by atoms with Crippen molar-refractivity contribution in [3.05, 3.63) is 29.8 Å². The smallest absolute Gasteiger partial charge is 0.326 e. The number of carboxylic acid groups (broad SMARTS) is 1. The van der Waals surface area contributed by atoms with E-state index in [2.05, 4.69) is 20.9 Å². The molecule has 1 aromatic rings. The van der Waals surface area contributed by atoms with Crippen LogP contribution in [0.25, 0.3) is 0 Å². The van der Waals surface area contributed by atoms with E-state index in [0.29, 0.717) is 24.2 Å². The third kappa shape index (κ3) is 13.5. The Balaban J connectivity index is 3.17. The van der Waals surface area contributed by atoms with Gasteiger partial charge in [0.1, 0.15) is 23.9 Å². The molecule has 0 heterocycles. The van der Waals surface area contributed by atoms with E-state index in [-0.39, 0.29) is 43.4 Å². The van der Waals surface area contributed by atoms with Gasteiger partial charge in [0.2, 0.25) is 17.7 Å². The van der Waals surface area contributed by atoms with Crippen LogP contribution >= 0.6 is 11.8 Å². The number of benzene rings is 1. The fourth-order valence-electron chi connectivity index (χ4n) is 3.78. The van der Waals surface area contributed by atoms with Crippen molar-refractivity contribution in [1.29, 1.82) is 0 Å². The predicted octanol–water partition coefficient (Wildman–Crippen LogP) is -0.346. The van der Waals surface area contributed by atoms with Crippen LogP contribution in [0.2, 0.25) is 0 Å². The highest BCUT2D eigenvalue weighted by Gasteiger charge is 2.30. The van der Waals surface area contributed by atoms with Crippen molar-refractivity contribution in [2.45, 2.75) is 70.1 Å². The highest BCUT2D eigenvalue weighted by molar-refractivity contribution is 7.98. The molecule has 0 fully saturated rings. The van der Waals surface area contributed by atoms with Gasteiger partial charge in [-0.05, 0) is 61.3 Å². The number of phenols is 1. The molecule has 1 aromatic carbocycles.